The van der Waals surface area contributed by atoms with Gasteiger partial charge in [-0.25, -0.2) is 0 Å². The summed E-state index contributed by atoms with van der Waals surface area (Å²) >= 11 is 0. The molecular weight excluding hydrogens is 288 g/mol. The van der Waals surface area contributed by atoms with Crippen LogP contribution in [0.3, 0.4) is 0 Å². The number of rotatable bonds is 7. The Labute approximate surface area is 128 Å². The summed E-state index contributed by atoms with van der Waals surface area (Å²) in [4.78, 5) is 48.5. The molecule has 7 nitrogen and oxygen atoms in total. The maximum Gasteiger partial charge on any atom is 0.308 e. The first-order valence-electron chi connectivity index (χ1n) is 6.87. The molecule has 0 spiro atoms. The van der Waals surface area contributed by atoms with Crippen molar-refractivity contribution in [1.82, 2.24) is 10.3 Å². The number of Topliss-reactive ketones (excluding diaryl/α,β-unsaturated/α-hetero) is 2. The van der Waals surface area contributed by atoms with Crippen LogP contribution in [0.15, 0.2) is 0 Å². The normalized spacial score (nSPS) is 10.2. The molecule has 2 N–H and O–H groups in total. The second-order valence-electron chi connectivity index (χ2n) is 5.00. The molecule has 1 aromatic rings. The Hall–Kier alpha value is -2.44. The van der Waals surface area contributed by atoms with Crippen molar-refractivity contribution < 1.29 is 23.9 Å². The zero-order valence-electron chi connectivity index (χ0n) is 13.2. The number of amides is 1. The summed E-state index contributed by atoms with van der Waals surface area (Å²) in [6.45, 7) is 5.91. The number of aryl methyl sites for hydroxylation is 1. The van der Waals surface area contributed by atoms with Crippen LogP contribution in [0, 0.1) is 13.8 Å². The van der Waals surface area contributed by atoms with Crippen LogP contribution in [0.25, 0.3) is 0 Å². The number of carbonyl (C=O) groups excluding carboxylic acids is 4. The summed E-state index contributed by atoms with van der Waals surface area (Å²) in [6, 6.07) is 0. The molecule has 0 aliphatic carbocycles. The maximum atomic E-state index is 12.1. The summed E-state index contributed by atoms with van der Waals surface area (Å²) in [7, 11) is 0. The van der Waals surface area contributed by atoms with E-state index in [1.54, 1.807) is 13.8 Å². The minimum atomic E-state index is -0.574. The van der Waals surface area contributed by atoms with Crippen molar-refractivity contribution in [3.63, 3.8) is 0 Å². The highest BCUT2D eigenvalue weighted by molar-refractivity contribution is 6.04. The standard InChI is InChI=1S/C15H20N2O5/c1-8-14(10(3)18)9(2)17-15(8)12(20)7-22-13(21)5-6-16-11(4)19/h17H,5-7H2,1-4H3,(H,16,19). The van der Waals surface area contributed by atoms with Gasteiger partial charge in [0.2, 0.25) is 11.7 Å². The van der Waals surface area contributed by atoms with Crippen LogP contribution >= 0.6 is 0 Å². The smallest absolute Gasteiger partial charge is 0.308 e. The Morgan fingerprint density at radius 1 is 1.14 bits per heavy atom. The van der Waals surface area contributed by atoms with Gasteiger partial charge in [0.25, 0.3) is 0 Å². The third kappa shape index (κ3) is 4.54. The molecule has 0 radical (unpaired) electrons. The van der Waals surface area contributed by atoms with Crippen LogP contribution in [0.4, 0.5) is 0 Å². The lowest BCUT2D eigenvalue weighted by Crippen LogP contribution is -2.24. The summed E-state index contributed by atoms with van der Waals surface area (Å²) in [5, 5.41) is 2.46. The highest BCUT2D eigenvalue weighted by Gasteiger charge is 2.20. The van der Waals surface area contributed by atoms with Gasteiger partial charge in [0.05, 0.1) is 12.1 Å². The summed E-state index contributed by atoms with van der Waals surface area (Å²) < 4.78 is 4.86. The molecule has 1 rings (SSSR count). The fourth-order valence-corrected chi connectivity index (χ4v) is 2.19. The van der Waals surface area contributed by atoms with E-state index >= 15 is 0 Å². The van der Waals surface area contributed by atoms with Crippen molar-refractivity contribution in [2.24, 2.45) is 0 Å². The molecule has 120 valence electrons. The van der Waals surface area contributed by atoms with Crippen molar-refractivity contribution in [1.29, 1.82) is 0 Å². The average molecular weight is 308 g/mol. The van der Waals surface area contributed by atoms with Gasteiger partial charge in [-0.15, -0.1) is 0 Å². The van der Waals surface area contributed by atoms with E-state index in [9.17, 15) is 19.2 Å². The molecule has 1 amide bonds. The lowest BCUT2D eigenvalue weighted by molar-refractivity contribution is -0.142. The van der Waals surface area contributed by atoms with E-state index in [0.29, 0.717) is 16.8 Å². The van der Waals surface area contributed by atoms with Crippen LogP contribution in [-0.4, -0.2) is 41.6 Å². The van der Waals surface area contributed by atoms with Crippen molar-refractivity contribution in [3.8, 4) is 0 Å². The van der Waals surface area contributed by atoms with Gasteiger partial charge in [-0.2, -0.15) is 0 Å². The second-order valence-corrected chi connectivity index (χ2v) is 5.00. The van der Waals surface area contributed by atoms with Gasteiger partial charge in [-0.1, -0.05) is 0 Å². The third-order valence-electron chi connectivity index (χ3n) is 3.14. The first-order chi connectivity index (χ1) is 10.2. The van der Waals surface area contributed by atoms with Gasteiger partial charge in [0, 0.05) is 24.7 Å². The number of carbonyl (C=O) groups is 4. The average Bonchev–Trinajstić information content (AvgIpc) is 2.70. The van der Waals surface area contributed by atoms with Gasteiger partial charge < -0.3 is 15.0 Å². The first-order valence-corrected chi connectivity index (χ1v) is 6.87. The summed E-state index contributed by atoms with van der Waals surface area (Å²) in [5.74, 6) is -1.34. The largest absolute Gasteiger partial charge is 0.457 e. The van der Waals surface area contributed by atoms with Gasteiger partial charge in [0.1, 0.15) is 0 Å². The molecule has 0 aromatic carbocycles. The number of aromatic nitrogens is 1. The van der Waals surface area contributed by atoms with Gasteiger partial charge >= 0.3 is 5.97 Å². The Balaban J connectivity index is 2.60. The van der Waals surface area contributed by atoms with E-state index in [1.165, 1.54) is 13.8 Å². The number of aromatic amines is 1. The van der Waals surface area contributed by atoms with E-state index in [2.05, 4.69) is 10.3 Å². The molecule has 0 saturated carbocycles. The topological polar surface area (TPSA) is 105 Å². The van der Waals surface area contributed by atoms with Crippen molar-refractivity contribution in [3.05, 3.63) is 22.5 Å². The number of H-pyrrole nitrogens is 1. The first kappa shape index (κ1) is 17.6. The van der Waals surface area contributed by atoms with Gasteiger partial charge in [0.15, 0.2) is 12.4 Å². The Morgan fingerprint density at radius 2 is 1.77 bits per heavy atom. The highest BCUT2D eigenvalue weighted by Crippen LogP contribution is 2.18. The van der Waals surface area contributed by atoms with Gasteiger partial charge in [-0.3, -0.25) is 19.2 Å². The van der Waals surface area contributed by atoms with Crippen LogP contribution in [0.2, 0.25) is 0 Å². The summed E-state index contributed by atoms with van der Waals surface area (Å²) in [5.41, 5.74) is 1.94. The van der Waals surface area contributed by atoms with Gasteiger partial charge in [-0.05, 0) is 26.3 Å². The van der Waals surface area contributed by atoms with E-state index in [-0.39, 0.29) is 30.3 Å². The van der Waals surface area contributed by atoms with Crippen LogP contribution in [0.1, 0.15) is 52.4 Å². The number of hydrogen-bond acceptors (Lipinski definition) is 5. The fourth-order valence-electron chi connectivity index (χ4n) is 2.19. The Kier molecular flexibility index (Phi) is 6.03. The number of nitrogens with one attached hydrogen (secondary N) is 2. The van der Waals surface area contributed by atoms with E-state index in [1.807, 2.05) is 0 Å². The Morgan fingerprint density at radius 3 is 2.27 bits per heavy atom. The number of hydrogen-bond donors (Lipinski definition) is 2. The predicted octanol–water partition coefficient (Wildman–Crippen LogP) is 1.09. The van der Waals surface area contributed by atoms with Crippen molar-refractivity contribution >= 4 is 23.4 Å². The molecular formula is C15H20N2O5. The molecule has 0 atom stereocenters. The quantitative estimate of drug-likeness (QED) is 0.579. The van der Waals surface area contributed by atoms with E-state index in [0.717, 1.165) is 0 Å². The van der Waals surface area contributed by atoms with Crippen LogP contribution < -0.4 is 5.32 Å². The molecule has 0 bridgehead atoms. The molecule has 0 aliphatic heterocycles. The van der Waals surface area contributed by atoms with Crippen LogP contribution in [-0.2, 0) is 14.3 Å². The highest BCUT2D eigenvalue weighted by atomic mass is 16.5. The molecule has 0 unspecified atom stereocenters. The van der Waals surface area contributed by atoms with Crippen molar-refractivity contribution in [2.45, 2.75) is 34.1 Å². The number of ether oxygens (including phenoxy) is 1. The predicted molar refractivity (Wildman–Crippen MR) is 78.9 cm³/mol. The van der Waals surface area contributed by atoms with Crippen molar-refractivity contribution in [2.75, 3.05) is 13.2 Å². The van der Waals surface area contributed by atoms with Crippen LogP contribution in [0.5, 0.6) is 0 Å². The minimum Gasteiger partial charge on any atom is -0.457 e. The fraction of sp³-hybridized carbons (Fsp3) is 0.467. The number of ketones is 2. The molecule has 7 heteroatoms. The molecule has 0 aliphatic rings. The van der Waals surface area contributed by atoms with E-state index < -0.39 is 18.4 Å². The SMILES string of the molecule is CC(=O)NCCC(=O)OCC(=O)c1[nH]c(C)c(C(C)=O)c1C. The molecule has 0 fully saturated rings. The number of esters is 1. The zero-order chi connectivity index (χ0) is 16.9. The molecule has 0 saturated heterocycles. The second kappa shape index (κ2) is 7.53. The lowest BCUT2D eigenvalue weighted by Gasteiger charge is -2.05. The van der Waals surface area contributed by atoms with E-state index in [4.69, 9.17) is 4.74 Å². The molecule has 1 heterocycles. The third-order valence-corrected chi connectivity index (χ3v) is 3.14. The minimum absolute atomic E-state index is 0.00566. The lowest BCUT2D eigenvalue weighted by atomic mass is 10.1. The zero-order valence-corrected chi connectivity index (χ0v) is 13.2. The Bertz CT molecular complexity index is 616. The molecule has 22 heavy (non-hydrogen) atoms. The summed E-state index contributed by atoms with van der Waals surface area (Å²) in [6.07, 6.45) is -0.00566. The monoisotopic (exact) mass is 308 g/mol. The molecule has 1 aromatic heterocycles. The maximum absolute atomic E-state index is 12.1.